The third-order valence-electron chi connectivity index (χ3n) is 0.816. The van der Waals surface area contributed by atoms with Crippen LogP contribution in [0.2, 0.25) is 0 Å². The second kappa shape index (κ2) is 20.5. The molecule has 7 heteroatoms. The van der Waals surface area contributed by atoms with E-state index in [2.05, 4.69) is 9.47 Å². The van der Waals surface area contributed by atoms with Crippen LogP contribution in [-0.4, -0.2) is 49.9 Å². The van der Waals surface area contributed by atoms with Gasteiger partial charge in [-0.05, 0) is 13.8 Å². The van der Waals surface area contributed by atoms with E-state index in [1.807, 2.05) is 0 Å². The summed E-state index contributed by atoms with van der Waals surface area (Å²) in [6.45, 7) is 4.23. The number of rotatable bonds is 4. The van der Waals surface area contributed by atoms with E-state index in [0.717, 1.165) is 0 Å². The molecule has 0 aromatic heterocycles. The maximum absolute atomic E-state index is 8.43. The zero-order chi connectivity index (χ0) is 12.7. The summed E-state index contributed by atoms with van der Waals surface area (Å²) in [4.78, 5) is 0. The van der Waals surface area contributed by atoms with E-state index < -0.39 is 17.0 Å². The molecule has 94 valence electrons. The van der Waals surface area contributed by atoms with Crippen molar-refractivity contribution in [2.45, 2.75) is 26.1 Å². The third kappa shape index (κ3) is 51.3. The van der Waals surface area contributed by atoms with Crippen LogP contribution in [0.25, 0.3) is 0 Å². The van der Waals surface area contributed by atoms with Crippen LogP contribution >= 0.6 is 18.6 Å². The SMILES string of the molecule is COCC(C)O.COCC(C)O.[Cl][Ti][Cl]. The first-order valence-electron chi connectivity index (χ1n) is 4.26. The molecule has 2 atom stereocenters. The Morgan fingerprint density at radius 1 is 1.00 bits per heavy atom. The van der Waals surface area contributed by atoms with Gasteiger partial charge in [-0.2, -0.15) is 0 Å². The quantitative estimate of drug-likeness (QED) is 0.771. The maximum atomic E-state index is 8.43. The molecule has 4 nitrogen and oxygen atoms in total. The molecule has 15 heavy (non-hydrogen) atoms. The van der Waals surface area contributed by atoms with Crippen molar-refractivity contribution in [2.75, 3.05) is 27.4 Å². The van der Waals surface area contributed by atoms with Crippen LogP contribution < -0.4 is 0 Å². The monoisotopic (exact) mass is 298 g/mol. The first-order chi connectivity index (χ1) is 6.95. The van der Waals surface area contributed by atoms with E-state index in [-0.39, 0.29) is 12.2 Å². The van der Waals surface area contributed by atoms with Gasteiger partial charge in [0.1, 0.15) is 0 Å². The fraction of sp³-hybridized carbons (Fsp3) is 1.00. The van der Waals surface area contributed by atoms with E-state index in [4.69, 9.17) is 28.8 Å². The average Bonchev–Trinajstić information content (AvgIpc) is 2.05. The van der Waals surface area contributed by atoms with Crippen molar-refractivity contribution in [2.24, 2.45) is 0 Å². The summed E-state index contributed by atoms with van der Waals surface area (Å²) in [5.74, 6) is 0. The Morgan fingerprint density at radius 3 is 1.20 bits per heavy atom. The number of ether oxygens (including phenoxy) is 2. The first kappa shape index (κ1) is 21.4. The summed E-state index contributed by atoms with van der Waals surface area (Å²) in [5, 5.41) is 16.9. The fourth-order valence-corrected chi connectivity index (χ4v) is 0.482. The normalized spacial score (nSPS) is 12.5. The van der Waals surface area contributed by atoms with Gasteiger partial charge in [0.15, 0.2) is 0 Å². The molecule has 2 N–H and O–H groups in total. The summed E-state index contributed by atoms with van der Waals surface area (Å²) in [5.41, 5.74) is 0. The van der Waals surface area contributed by atoms with Crippen molar-refractivity contribution in [1.29, 1.82) is 0 Å². The molecular formula is C8H20Cl2O4Ti. The van der Waals surface area contributed by atoms with Gasteiger partial charge in [-0.1, -0.05) is 0 Å². The van der Waals surface area contributed by atoms with Gasteiger partial charge in [-0.25, -0.2) is 0 Å². The number of aliphatic hydroxyl groups excluding tert-OH is 2. The summed E-state index contributed by atoms with van der Waals surface area (Å²) in [6, 6.07) is 0. The Labute approximate surface area is 109 Å². The van der Waals surface area contributed by atoms with Gasteiger partial charge < -0.3 is 19.7 Å². The topological polar surface area (TPSA) is 58.9 Å². The number of hydrogen-bond donors (Lipinski definition) is 2. The molecule has 0 aromatic rings. The number of methoxy groups -OCH3 is 2. The summed E-state index contributed by atoms with van der Waals surface area (Å²) >= 11 is -0.556. The molecule has 0 amide bonds. The van der Waals surface area contributed by atoms with Crippen molar-refractivity contribution >= 4 is 18.6 Å². The van der Waals surface area contributed by atoms with Crippen LogP contribution in [0.1, 0.15) is 13.8 Å². The Balaban J connectivity index is -0.000000153. The van der Waals surface area contributed by atoms with Crippen LogP contribution in [0.15, 0.2) is 0 Å². The van der Waals surface area contributed by atoms with Crippen molar-refractivity contribution in [1.82, 2.24) is 0 Å². The van der Waals surface area contributed by atoms with Crippen LogP contribution in [0.3, 0.4) is 0 Å². The van der Waals surface area contributed by atoms with E-state index >= 15 is 0 Å². The number of halogens is 2. The molecule has 0 aromatic carbocycles. The van der Waals surface area contributed by atoms with Gasteiger partial charge in [0.2, 0.25) is 0 Å². The zero-order valence-corrected chi connectivity index (χ0v) is 12.6. The molecule has 0 saturated carbocycles. The Bertz CT molecular complexity index is 86.7. The number of aliphatic hydroxyl groups is 2. The fourth-order valence-electron chi connectivity index (χ4n) is 0.482. The average molecular weight is 299 g/mol. The molecular weight excluding hydrogens is 279 g/mol. The van der Waals surface area contributed by atoms with Crippen molar-refractivity contribution in [3.8, 4) is 0 Å². The van der Waals surface area contributed by atoms with Crippen molar-refractivity contribution in [3.63, 3.8) is 0 Å². The van der Waals surface area contributed by atoms with Gasteiger partial charge in [0.25, 0.3) is 0 Å². The standard InChI is InChI=1S/2C4H10O2.2ClH.Ti/c2*1-4(5)3-6-2;;;/h2*4-5H,3H2,1-2H3;2*1H;/q;;;;+2/p-2. The van der Waals surface area contributed by atoms with Gasteiger partial charge in [0.05, 0.1) is 25.4 Å². The minimum absolute atomic E-state index is 0.324. The molecule has 0 aliphatic heterocycles. The van der Waals surface area contributed by atoms with Gasteiger partial charge in [-0.15, -0.1) is 0 Å². The summed E-state index contributed by atoms with van der Waals surface area (Å²) in [6.07, 6.45) is -0.648. The molecule has 2 unspecified atom stereocenters. The Kier molecular flexibility index (Phi) is 29.3. The van der Waals surface area contributed by atoms with E-state index in [0.29, 0.717) is 13.2 Å². The van der Waals surface area contributed by atoms with E-state index in [1.54, 1.807) is 28.1 Å². The summed E-state index contributed by atoms with van der Waals surface area (Å²) in [7, 11) is 12.9. The molecule has 0 bridgehead atoms. The molecule has 0 spiro atoms. The second-order valence-electron chi connectivity index (χ2n) is 2.68. The molecule has 0 fully saturated rings. The zero-order valence-electron chi connectivity index (χ0n) is 9.54. The van der Waals surface area contributed by atoms with Crippen LogP contribution in [0, 0.1) is 0 Å². The van der Waals surface area contributed by atoms with Crippen molar-refractivity contribution < 1.29 is 36.7 Å². The van der Waals surface area contributed by atoms with Crippen LogP contribution in [0.5, 0.6) is 0 Å². The van der Waals surface area contributed by atoms with Gasteiger partial charge in [0, 0.05) is 14.2 Å². The molecule has 0 aliphatic carbocycles. The van der Waals surface area contributed by atoms with Crippen molar-refractivity contribution in [3.05, 3.63) is 0 Å². The second-order valence-corrected chi connectivity index (χ2v) is 5.26. The molecule has 0 aliphatic rings. The van der Waals surface area contributed by atoms with E-state index in [1.165, 1.54) is 0 Å². The number of hydrogen-bond acceptors (Lipinski definition) is 4. The third-order valence-corrected chi connectivity index (χ3v) is 0.816. The first-order valence-corrected chi connectivity index (χ1v) is 8.56. The Hall–Kier alpha value is 1.13. The van der Waals surface area contributed by atoms with Gasteiger partial charge in [-0.3, -0.25) is 0 Å². The molecule has 0 rings (SSSR count). The minimum atomic E-state index is -0.556. The summed E-state index contributed by atoms with van der Waals surface area (Å²) < 4.78 is 9.11. The molecule has 0 saturated heterocycles. The predicted octanol–water partition coefficient (Wildman–Crippen LogP) is 1.40. The van der Waals surface area contributed by atoms with Crippen LogP contribution in [-0.2, 0) is 26.5 Å². The Morgan fingerprint density at radius 2 is 1.20 bits per heavy atom. The molecule has 0 radical (unpaired) electrons. The van der Waals surface area contributed by atoms with E-state index in [9.17, 15) is 0 Å². The molecule has 0 heterocycles. The van der Waals surface area contributed by atoms with Gasteiger partial charge >= 0.3 is 35.6 Å². The van der Waals surface area contributed by atoms with Crippen LogP contribution in [0.4, 0.5) is 0 Å². The predicted molar refractivity (Wildman–Crippen MR) is 58.8 cm³/mol.